The maximum Gasteiger partial charge on any atom is 0.0739 e. The summed E-state index contributed by atoms with van der Waals surface area (Å²) >= 11 is 3.58. The summed E-state index contributed by atoms with van der Waals surface area (Å²) < 4.78 is 3.10. The van der Waals surface area contributed by atoms with Crippen molar-refractivity contribution in [3.63, 3.8) is 0 Å². The van der Waals surface area contributed by atoms with Crippen molar-refractivity contribution in [3.8, 4) is 0 Å². The molecule has 4 heteroatoms. The van der Waals surface area contributed by atoms with Crippen LogP contribution in [0.1, 0.15) is 31.2 Å². The zero-order valence-electron chi connectivity index (χ0n) is 9.55. The van der Waals surface area contributed by atoms with E-state index in [0.29, 0.717) is 6.04 Å². The number of halogens is 1. The van der Waals surface area contributed by atoms with E-state index in [2.05, 4.69) is 33.3 Å². The third-order valence-corrected chi connectivity index (χ3v) is 4.23. The predicted octanol–water partition coefficient (Wildman–Crippen LogP) is 2.38. The first-order valence-corrected chi connectivity index (χ1v) is 6.28. The highest BCUT2D eigenvalue weighted by molar-refractivity contribution is 9.10. The number of aryl methyl sites for hydroxylation is 2. The van der Waals surface area contributed by atoms with Gasteiger partial charge in [-0.15, -0.1) is 0 Å². The van der Waals surface area contributed by atoms with Gasteiger partial charge in [-0.25, -0.2) is 0 Å². The lowest BCUT2D eigenvalue weighted by Gasteiger charge is -2.33. The third-order valence-electron chi connectivity index (χ3n) is 3.19. The Morgan fingerprint density at radius 2 is 2.20 bits per heavy atom. The Balaban J connectivity index is 1.93. The highest BCUT2D eigenvalue weighted by Crippen LogP contribution is 2.27. The molecule has 0 bridgehead atoms. The first-order chi connectivity index (χ1) is 7.08. The molecule has 1 aromatic heterocycles. The van der Waals surface area contributed by atoms with Crippen molar-refractivity contribution in [3.05, 3.63) is 15.9 Å². The quantitative estimate of drug-likeness (QED) is 0.915. The average molecular weight is 272 g/mol. The third kappa shape index (κ3) is 2.26. The topological polar surface area (TPSA) is 29.9 Å². The summed E-state index contributed by atoms with van der Waals surface area (Å²) in [6.07, 6.45) is 2.63. The predicted molar refractivity (Wildman–Crippen MR) is 64.7 cm³/mol. The van der Waals surface area contributed by atoms with Crippen LogP contribution < -0.4 is 5.32 Å². The largest absolute Gasteiger partial charge is 0.308 e. The molecule has 84 valence electrons. The van der Waals surface area contributed by atoms with Crippen LogP contribution in [0.15, 0.2) is 4.47 Å². The first-order valence-electron chi connectivity index (χ1n) is 5.49. The van der Waals surface area contributed by atoms with Crippen LogP contribution in [0.4, 0.5) is 0 Å². The Labute approximate surface area is 99.4 Å². The Hall–Kier alpha value is -0.350. The standard InChI is InChI=1S/C11H18BrN3/c1-7-4-9(5-7)13-6-10-11(12)8(2)14-15(10)3/h7,9,13H,4-6H2,1-3H3. The summed E-state index contributed by atoms with van der Waals surface area (Å²) in [6.45, 7) is 5.25. The van der Waals surface area contributed by atoms with Gasteiger partial charge in [-0.2, -0.15) is 5.10 Å². The van der Waals surface area contributed by atoms with Gasteiger partial charge in [0.05, 0.1) is 15.9 Å². The van der Waals surface area contributed by atoms with Gasteiger partial charge in [-0.1, -0.05) is 6.92 Å². The fraction of sp³-hybridized carbons (Fsp3) is 0.727. The van der Waals surface area contributed by atoms with Gasteiger partial charge in [0.15, 0.2) is 0 Å². The van der Waals surface area contributed by atoms with Crippen LogP contribution in [0.25, 0.3) is 0 Å². The minimum atomic E-state index is 0.710. The summed E-state index contributed by atoms with van der Waals surface area (Å²) in [5.41, 5.74) is 2.31. The molecule has 0 spiro atoms. The maximum atomic E-state index is 4.38. The van der Waals surface area contributed by atoms with Gasteiger partial charge < -0.3 is 5.32 Å². The molecule has 1 saturated carbocycles. The number of nitrogens with zero attached hydrogens (tertiary/aromatic N) is 2. The maximum absolute atomic E-state index is 4.38. The second-order valence-corrected chi connectivity index (χ2v) is 5.42. The lowest BCUT2D eigenvalue weighted by molar-refractivity contribution is 0.239. The molecule has 1 N–H and O–H groups in total. The molecule has 0 saturated heterocycles. The smallest absolute Gasteiger partial charge is 0.0739 e. The van der Waals surface area contributed by atoms with Gasteiger partial charge in [0, 0.05) is 19.6 Å². The molecule has 0 aromatic carbocycles. The SMILES string of the molecule is Cc1nn(C)c(CNC2CC(C)C2)c1Br. The molecule has 1 heterocycles. The van der Waals surface area contributed by atoms with Crippen molar-refractivity contribution >= 4 is 15.9 Å². The highest BCUT2D eigenvalue weighted by atomic mass is 79.9. The molecule has 0 atom stereocenters. The highest BCUT2D eigenvalue weighted by Gasteiger charge is 2.25. The molecular formula is C11H18BrN3. The van der Waals surface area contributed by atoms with Crippen molar-refractivity contribution in [1.29, 1.82) is 0 Å². The van der Waals surface area contributed by atoms with Crippen molar-refractivity contribution in [2.75, 3.05) is 0 Å². The van der Waals surface area contributed by atoms with Gasteiger partial charge in [-0.3, -0.25) is 4.68 Å². The number of nitrogens with one attached hydrogen (secondary N) is 1. The van der Waals surface area contributed by atoms with Crippen LogP contribution in [0, 0.1) is 12.8 Å². The Morgan fingerprint density at radius 3 is 2.67 bits per heavy atom. The average Bonchev–Trinajstić information content (AvgIpc) is 2.36. The van der Waals surface area contributed by atoms with Gasteiger partial charge in [0.2, 0.25) is 0 Å². The lowest BCUT2D eigenvalue weighted by atomic mass is 9.82. The van der Waals surface area contributed by atoms with E-state index in [-0.39, 0.29) is 0 Å². The van der Waals surface area contributed by atoms with E-state index < -0.39 is 0 Å². The van der Waals surface area contributed by atoms with E-state index in [9.17, 15) is 0 Å². The first kappa shape index (κ1) is 11.1. The summed E-state index contributed by atoms with van der Waals surface area (Å²) in [4.78, 5) is 0. The van der Waals surface area contributed by atoms with E-state index in [1.807, 2.05) is 18.7 Å². The molecule has 1 aromatic rings. The van der Waals surface area contributed by atoms with Crippen LogP contribution in [-0.2, 0) is 13.6 Å². The van der Waals surface area contributed by atoms with Crippen LogP contribution in [0.3, 0.4) is 0 Å². The normalized spacial score (nSPS) is 25.3. The molecule has 1 aliphatic rings. The van der Waals surface area contributed by atoms with Crippen LogP contribution >= 0.6 is 15.9 Å². The molecule has 3 nitrogen and oxygen atoms in total. The molecule has 15 heavy (non-hydrogen) atoms. The summed E-state index contributed by atoms with van der Waals surface area (Å²) in [6, 6.07) is 0.710. The van der Waals surface area contributed by atoms with E-state index in [1.54, 1.807) is 0 Å². The Bertz CT molecular complexity index is 353. The van der Waals surface area contributed by atoms with Gasteiger partial charge >= 0.3 is 0 Å². The number of rotatable bonds is 3. The summed E-state index contributed by atoms with van der Waals surface area (Å²) in [5.74, 6) is 0.902. The van der Waals surface area contributed by atoms with Gasteiger partial charge in [0.25, 0.3) is 0 Å². The van der Waals surface area contributed by atoms with Crippen molar-refractivity contribution < 1.29 is 0 Å². The van der Waals surface area contributed by atoms with Gasteiger partial charge in [0.1, 0.15) is 0 Å². The Kier molecular flexibility index (Phi) is 3.16. The van der Waals surface area contributed by atoms with Crippen molar-refractivity contribution in [2.24, 2.45) is 13.0 Å². The van der Waals surface area contributed by atoms with Gasteiger partial charge in [-0.05, 0) is 41.6 Å². The molecule has 2 rings (SSSR count). The lowest BCUT2D eigenvalue weighted by Crippen LogP contribution is -2.39. The number of hydrogen-bond acceptors (Lipinski definition) is 2. The summed E-state index contributed by atoms with van der Waals surface area (Å²) in [7, 11) is 2.00. The zero-order valence-corrected chi connectivity index (χ0v) is 11.1. The fourth-order valence-electron chi connectivity index (χ4n) is 2.18. The molecule has 0 unspecified atom stereocenters. The van der Waals surface area contributed by atoms with E-state index in [4.69, 9.17) is 0 Å². The van der Waals surface area contributed by atoms with Crippen LogP contribution in [0.5, 0.6) is 0 Å². The molecule has 1 aliphatic carbocycles. The van der Waals surface area contributed by atoms with Crippen molar-refractivity contribution in [2.45, 2.75) is 39.3 Å². The van der Waals surface area contributed by atoms with Crippen molar-refractivity contribution in [1.82, 2.24) is 15.1 Å². The number of hydrogen-bond donors (Lipinski definition) is 1. The zero-order chi connectivity index (χ0) is 11.0. The van der Waals surface area contributed by atoms with E-state index in [0.717, 1.165) is 22.6 Å². The van der Waals surface area contributed by atoms with E-state index in [1.165, 1.54) is 18.5 Å². The molecular weight excluding hydrogens is 254 g/mol. The number of aromatic nitrogens is 2. The Morgan fingerprint density at radius 1 is 1.53 bits per heavy atom. The monoisotopic (exact) mass is 271 g/mol. The van der Waals surface area contributed by atoms with E-state index >= 15 is 0 Å². The molecule has 0 amide bonds. The van der Waals surface area contributed by atoms with Crippen LogP contribution in [0.2, 0.25) is 0 Å². The summed E-state index contributed by atoms with van der Waals surface area (Å²) in [5, 5.41) is 7.95. The minimum Gasteiger partial charge on any atom is -0.308 e. The molecule has 0 radical (unpaired) electrons. The molecule has 1 fully saturated rings. The fourth-order valence-corrected chi connectivity index (χ4v) is 2.66. The second kappa shape index (κ2) is 4.26. The molecule has 0 aliphatic heterocycles. The second-order valence-electron chi connectivity index (χ2n) is 4.62. The minimum absolute atomic E-state index is 0.710. The van der Waals surface area contributed by atoms with Crippen LogP contribution in [-0.4, -0.2) is 15.8 Å².